The van der Waals surface area contributed by atoms with Crippen LogP contribution in [-0.2, 0) is 23.1 Å². The molecule has 4 heterocycles. The maximum atomic E-state index is 14.8. The van der Waals surface area contributed by atoms with Crippen molar-refractivity contribution in [2.45, 2.75) is 24.1 Å². The second kappa shape index (κ2) is 9.91. The number of hydrogen-bond donors (Lipinski definition) is 2. The molecular weight excluding hydrogens is 507 g/mol. The molecule has 2 aromatic carbocycles. The number of rotatable bonds is 6. The normalized spacial score (nSPS) is 16.9. The lowest BCUT2D eigenvalue weighted by atomic mass is 10.0. The zero-order valence-electron chi connectivity index (χ0n) is 20.5. The average Bonchev–Trinajstić information content (AvgIpc) is 3.63. The fraction of sp³-hybridized carbons (Fsp3) is 0.259. The average molecular weight is 535 g/mol. The monoisotopic (exact) mass is 534 g/mol. The molecule has 11 heteroatoms. The number of pyridine rings is 1. The van der Waals surface area contributed by atoms with Crippen LogP contribution in [0.5, 0.6) is 0 Å². The van der Waals surface area contributed by atoms with Crippen molar-refractivity contribution in [3.05, 3.63) is 101 Å². The van der Waals surface area contributed by atoms with Crippen LogP contribution in [0, 0.1) is 5.82 Å². The zero-order valence-corrected chi connectivity index (χ0v) is 21.4. The third-order valence-corrected chi connectivity index (χ3v) is 8.84. The summed E-state index contributed by atoms with van der Waals surface area (Å²) in [5.74, 6) is -0.679. The Morgan fingerprint density at radius 2 is 1.82 bits per heavy atom. The summed E-state index contributed by atoms with van der Waals surface area (Å²) in [5.41, 5.74) is 3.92. The van der Waals surface area contributed by atoms with Gasteiger partial charge in [0.05, 0.1) is 10.6 Å². The Morgan fingerprint density at radius 1 is 1.00 bits per heavy atom. The molecule has 2 aromatic heterocycles. The van der Waals surface area contributed by atoms with Crippen LogP contribution in [-0.4, -0.2) is 58.8 Å². The Balaban J connectivity index is 1.21. The summed E-state index contributed by atoms with van der Waals surface area (Å²) in [5, 5.41) is 18.4. The summed E-state index contributed by atoms with van der Waals surface area (Å²) in [6.07, 6.45) is 3.78. The highest BCUT2D eigenvalue weighted by molar-refractivity contribution is 7.89. The van der Waals surface area contributed by atoms with Crippen molar-refractivity contribution in [1.82, 2.24) is 24.4 Å². The van der Waals surface area contributed by atoms with Crippen LogP contribution in [0.4, 0.5) is 10.1 Å². The summed E-state index contributed by atoms with van der Waals surface area (Å²) in [6, 6.07) is 15.0. The minimum absolute atomic E-state index is 0.114. The van der Waals surface area contributed by atoms with Crippen molar-refractivity contribution < 1.29 is 17.9 Å². The molecule has 9 nitrogen and oxygen atoms in total. The molecule has 2 aliphatic rings. The maximum Gasteiger partial charge on any atom is 0.243 e. The zero-order chi connectivity index (χ0) is 26.3. The summed E-state index contributed by atoms with van der Waals surface area (Å²) in [6.45, 7) is 3.87. The van der Waals surface area contributed by atoms with Gasteiger partial charge >= 0.3 is 0 Å². The number of benzene rings is 2. The van der Waals surface area contributed by atoms with Crippen LogP contribution in [0.25, 0.3) is 5.69 Å². The van der Waals surface area contributed by atoms with Gasteiger partial charge in [0.25, 0.3) is 0 Å². The van der Waals surface area contributed by atoms with Crippen LogP contribution in [0.1, 0.15) is 28.5 Å². The summed E-state index contributed by atoms with van der Waals surface area (Å²) < 4.78 is 44.1. The number of piperazine rings is 1. The molecule has 2 N–H and O–H groups in total. The Hall–Kier alpha value is -3.64. The first-order valence-corrected chi connectivity index (χ1v) is 13.9. The molecule has 0 radical (unpaired) electrons. The lowest BCUT2D eigenvalue weighted by Crippen LogP contribution is -2.43. The maximum absolute atomic E-state index is 14.8. The minimum atomic E-state index is -3.96. The van der Waals surface area contributed by atoms with Crippen molar-refractivity contribution in [2.75, 3.05) is 31.1 Å². The number of anilines is 1. The highest BCUT2D eigenvalue weighted by Gasteiger charge is 2.32. The highest BCUT2D eigenvalue weighted by atomic mass is 32.2. The second-order valence-electron chi connectivity index (χ2n) is 9.45. The Morgan fingerprint density at radius 3 is 2.58 bits per heavy atom. The number of aromatic nitrogens is 3. The van der Waals surface area contributed by atoms with Crippen LogP contribution in [0.2, 0.25) is 0 Å². The van der Waals surface area contributed by atoms with Crippen molar-refractivity contribution in [3.8, 4) is 5.69 Å². The van der Waals surface area contributed by atoms with Gasteiger partial charge in [0.1, 0.15) is 17.6 Å². The lowest BCUT2D eigenvalue weighted by Gasteiger charge is -2.30. The first kappa shape index (κ1) is 24.7. The van der Waals surface area contributed by atoms with Gasteiger partial charge < -0.3 is 15.3 Å². The van der Waals surface area contributed by atoms with E-state index in [0.29, 0.717) is 5.69 Å². The fourth-order valence-electron chi connectivity index (χ4n) is 4.97. The van der Waals surface area contributed by atoms with Crippen molar-refractivity contribution in [2.24, 2.45) is 0 Å². The highest BCUT2D eigenvalue weighted by Crippen LogP contribution is 2.32. The first-order chi connectivity index (χ1) is 18.4. The molecule has 1 saturated heterocycles. The number of aliphatic hydroxyl groups is 1. The van der Waals surface area contributed by atoms with E-state index in [-0.39, 0.29) is 23.7 Å². The molecule has 0 amide bonds. The predicted octanol–water partition coefficient (Wildman–Crippen LogP) is 2.60. The largest absolute Gasteiger partial charge is 0.382 e. The number of sulfonamides is 1. The molecule has 196 valence electrons. The van der Waals surface area contributed by atoms with Crippen molar-refractivity contribution >= 4 is 15.7 Å². The van der Waals surface area contributed by atoms with Gasteiger partial charge in [-0.25, -0.2) is 17.5 Å². The molecule has 2 aliphatic heterocycles. The smallest absolute Gasteiger partial charge is 0.243 e. The van der Waals surface area contributed by atoms with Gasteiger partial charge in [-0.2, -0.15) is 9.40 Å². The van der Waals surface area contributed by atoms with Crippen LogP contribution < -0.4 is 10.2 Å². The molecule has 4 aromatic rings. The van der Waals surface area contributed by atoms with Gasteiger partial charge in [-0.1, -0.05) is 12.1 Å². The third-order valence-electron chi connectivity index (χ3n) is 7.05. The molecule has 1 atom stereocenters. The molecule has 0 saturated carbocycles. The molecule has 38 heavy (non-hydrogen) atoms. The standard InChI is InChI=1S/C27H27FN6O3S/c28-24-15-23(5-6-26(24)34-10-2-7-31-34)38(36,37)33-17-20-14-25(30-16-21(20)18-33)27(35)19-3-1-4-22(13-19)32-11-8-29-9-12-32/h1-7,10,13-16,27,29,35H,8-9,11-12,17-18H2. The first-order valence-electron chi connectivity index (χ1n) is 12.4. The number of halogens is 1. The SMILES string of the molecule is O=S(=O)(c1ccc(-n2cccn2)c(F)c1)N1Cc2cnc(C(O)c3cccc(N4CCNCC4)c3)cc2C1. The van der Waals surface area contributed by atoms with E-state index in [1.165, 1.54) is 27.3 Å². The number of nitrogens with zero attached hydrogens (tertiary/aromatic N) is 5. The Labute approximate surface area is 220 Å². The van der Waals surface area contributed by atoms with E-state index in [1.807, 2.05) is 24.3 Å². The molecule has 0 spiro atoms. The number of hydrogen-bond acceptors (Lipinski definition) is 7. The summed E-state index contributed by atoms with van der Waals surface area (Å²) >= 11 is 0. The topological polar surface area (TPSA) is 104 Å². The molecular formula is C27H27FN6O3S. The van der Waals surface area contributed by atoms with Gasteiger partial charge in [0.15, 0.2) is 0 Å². The fourth-order valence-corrected chi connectivity index (χ4v) is 6.38. The van der Waals surface area contributed by atoms with Gasteiger partial charge in [-0.05, 0) is 59.2 Å². The van der Waals surface area contributed by atoms with Crippen molar-refractivity contribution in [3.63, 3.8) is 0 Å². The summed E-state index contributed by atoms with van der Waals surface area (Å²) in [4.78, 5) is 6.59. The van der Waals surface area contributed by atoms with E-state index in [1.54, 1.807) is 24.5 Å². The van der Waals surface area contributed by atoms with Crippen molar-refractivity contribution in [1.29, 1.82) is 0 Å². The second-order valence-corrected chi connectivity index (χ2v) is 11.4. The predicted molar refractivity (Wildman–Crippen MR) is 140 cm³/mol. The van der Waals surface area contributed by atoms with E-state index in [4.69, 9.17) is 0 Å². The van der Waals surface area contributed by atoms with E-state index < -0.39 is 21.9 Å². The van der Waals surface area contributed by atoms with Crippen LogP contribution in [0.15, 0.2) is 78.1 Å². The molecule has 1 unspecified atom stereocenters. The molecule has 0 aliphatic carbocycles. The van der Waals surface area contributed by atoms with Gasteiger partial charge in [0.2, 0.25) is 10.0 Å². The van der Waals surface area contributed by atoms with E-state index >= 15 is 0 Å². The minimum Gasteiger partial charge on any atom is -0.382 e. The van der Waals surface area contributed by atoms with E-state index in [9.17, 15) is 17.9 Å². The van der Waals surface area contributed by atoms with E-state index in [2.05, 4.69) is 20.3 Å². The van der Waals surface area contributed by atoms with Gasteiger partial charge in [-0.3, -0.25) is 4.98 Å². The number of aliphatic hydroxyl groups excluding tert-OH is 1. The van der Waals surface area contributed by atoms with E-state index in [0.717, 1.165) is 54.6 Å². The van der Waals surface area contributed by atoms with Crippen LogP contribution >= 0.6 is 0 Å². The molecule has 1 fully saturated rings. The Bertz CT molecular complexity index is 1570. The Kier molecular flexibility index (Phi) is 6.44. The number of nitrogens with one attached hydrogen (secondary N) is 1. The van der Waals surface area contributed by atoms with Crippen LogP contribution in [0.3, 0.4) is 0 Å². The lowest BCUT2D eigenvalue weighted by molar-refractivity contribution is 0.215. The van der Waals surface area contributed by atoms with Gasteiger partial charge in [0, 0.05) is 63.5 Å². The quantitative estimate of drug-likeness (QED) is 0.392. The molecule has 6 rings (SSSR count). The summed E-state index contributed by atoms with van der Waals surface area (Å²) in [7, 11) is -3.96. The molecule has 0 bridgehead atoms. The number of fused-ring (bicyclic) bond motifs is 1. The van der Waals surface area contributed by atoms with Gasteiger partial charge in [-0.15, -0.1) is 0 Å². The third kappa shape index (κ3) is 4.58.